The summed E-state index contributed by atoms with van der Waals surface area (Å²) in [6.45, 7) is 8.24. The summed E-state index contributed by atoms with van der Waals surface area (Å²) in [4.78, 5) is 31.0. The van der Waals surface area contributed by atoms with E-state index < -0.39 is 5.60 Å². The van der Waals surface area contributed by atoms with Crippen LogP contribution >= 0.6 is 0 Å². The van der Waals surface area contributed by atoms with Gasteiger partial charge < -0.3 is 24.0 Å². The van der Waals surface area contributed by atoms with Gasteiger partial charge in [-0.3, -0.25) is 4.90 Å². The molecule has 0 atom stereocenters. The molecule has 0 aliphatic carbocycles. The summed E-state index contributed by atoms with van der Waals surface area (Å²) in [6, 6.07) is 15.6. The van der Waals surface area contributed by atoms with E-state index in [1.807, 2.05) is 69.3 Å². The number of piperidine rings is 1. The zero-order chi connectivity index (χ0) is 25.0. The van der Waals surface area contributed by atoms with Gasteiger partial charge in [-0.15, -0.1) is 0 Å². The van der Waals surface area contributed by atoms with Gasteiger partial charge in [0.05, 0.1) is 17.9 Å². The van der Waals surface area contributed by atoms with E-state index in [-0.39, 0.29) is 24.8 Å². The van der Waals surface area contributed by atoms with Gasteiger partial charge in [0.1, 0.15) is 18.8 Å². The summed E-state index contributed by atoms with van der Waals surface area (Å²) >= 11 is 0. The molecule has 2 heterocycles. The minimum absolute atomic E-state index is 0.117. The van der Waals surface area contributed by atoms with E-state index in [9.17, 15) is 9.59 Å². The van der Waals surface area contributed by atoms with Crippen molar-refractivity contribution in [2.24, 2.45) is 0 Å². The molecular formula is C27H35N3O5. The average molecular weight is 482 g/mol. The lowest BCUT2D eigenvalue weighted by molar-refractivity contribution is 0.0200. The molecule has 35 heavy (non-hydrogen) atoms. The number of benzene rings is 2. The molecule has 0 aromatic heterocycles. The Bertz CT molecular complexity index is 1030. The molecule has 2 aromatic carbocycles. The number of carbonyl (C=O) groups excluding carboxylic acids is 2. The highest BCUT2D eigenvalue weighted by atomic mass is 16.6. The fourth-order valence-electron chi connectivity index (χ4n) is 4.45. The maximum Gasteiger partial charge on any atom is 0.414 e. The fraction of sp³-hybridized carbons (Fsp3) is 0.481. The molecule has 2 aliphatic rings. The Kier molecular flexibility index (Phi) is 7.38. The molecule has 188 valence electrons. The van der Waals surface area contributed by atoms with Crippen molar-refractivity contribution in [3.05, 3.63) is 54.1 Å². The molecule has 0 spiro atoms. The van der Waals surface area contributed by atoms with E-state index in [4.69, 9.17) is 14.2 Å². The van der Waals surface area contributed by atoms with Crippen LogP contribution in [0.25, 0.3) is 0 Å². The first kappa shape index (κ1) is 24.7. The molecular weight excluding hydrogens is 446 g/mol. The second-order valence-electron chi connectivity index (χ2n) is 9.98. The van der Waals surface area contributed by atoms with Gasteiger partial charge in [0.15, 0.2) is 5.75 Å². The minimum atomic E-state index is -0.513. The van der Waals surface area contributed by atoms with Gasteiger partial charge in [-0.1, -0.05) is 36.4 Å². The maximum atomic E-state index is 12.9. The third-order valence-corrected chi connectivity index (χ3v) is 6.29. The molecule has 4 rings (SSSR count). The van der Waals surface area contributed by atoms with E-state index in [1.165, 1.54) is 0 Å². The van der Waals surface area contributed by atoms with Crippen molar-refractivity contribution in [3.63, 3.8) is 0 Å². The highest BCUT2D eigenvalue weighted by molar-refractivity contribution is 5.92. The zero-order valence-electron chi connectivity index (χ0n) is 21.0. The molecule has 8 heteroatoms. The first-order chi connectivity index (χ1) is 16.7. The Hall–Kier alpha value is -3.42. The summed E-state index contributed by atoms with van der Waals surface area (Å²) < 4.78 is 17.1. The number of carbonyl (C=O) groups is 2. The monoisotopic (exact) mass is 481 g/mol. The topological polar surface area (TPSA) is 71.6 Å². The van der Waals surface area contributed by atoms with E-state index in [0.717, 1.165) is 42.9 Å². The van der Waals surface area contributed by atoms with Gasteiger partial charge in [0, 0.05) is 26.2 Å². The van der Waals surface area contributed by atoms with Gasteiger partial charge in [-0.05, 0) is 51.3 Å². The molecule has 1 fully saturated rings. The summed E-state index contributed by atoms with van der Waals surface area (Å²) in [7, 11) is 1.81. The molecule has 2 amide bonds. The van der Waals surface area contributed by atoms with Crippen LogP contribution in [0.15, 0.2) is 48.5 Å². The van der Waals surface area contributed by atoms with Crippen LogP contribution < -0.4 is 14.5 Å². The maximum absolute atomic E-state index is 12.9. The number of fused-ring (bicyclic) bond motifs is 1. The second-order valence-corrected chi connectivity index (χ2v) is 9.98. The zero-order valence-corrected chi connectivity index (χ0v) is 21.0. The fourth-order valence-corrected chi connectivity index (χ4v) is 4.45. The highest BCUT2D eigenvalue weighted by Gasteiger charge is 2.32. The first-order valence-corrected chi connectivity index (χ1v) is 12.2. The van der Waals surface area contributed by atoms with Crippen LogP contribution in [0.3, 0.4) is 0 Å². The number of hydrogen-bond donors (Lipinski definition) is 0. The largest absolute Gasteiger partial charge is 0.487 e. The van der Waals surface area contributed by atoms with Gasteiger partial charge in [0.2, 0.25) is 0 Å². The summed E-state index contributed by atoms with van der Waals surface area (Å²) in [5.74, 6) is 0.703. The highest BCUT2D eigenvalue weighted by Crippen LogP contribution is 2.41. The number of hydrogen-bond acceptors (Lipinski definition) is 6. The molecule has 1 saturated heterocycles. The first-order valence-electron chi connectivity index (χ1n) is 12.2. The molecule has 0 bridgehead atoms. The van der Waals surface area contributed by atoms with Crippen LogP contribution in [0.5, 0.6) is 5.75 Å². The summed E-state index contributed by atoms with van der Waals surface area (Å²) in [5.41, 5.74) is 2.11. The molecule has 2 aromatic rings. The number of ether oxygens (including phenoxy) is 3. The standard InChI is InChI=1S/C27H35N3O5/c1-27(2,3)35-25(31)28(4)21-13-15-29(16-14-21)22-11-8-12-23-24(22)33-18-17-30(23)26(32)34-19-20-9-6-5-7-10-20/h5-12,21H,13-19H2,1-4H3. The summed E-state index contributed by atoms with van der Waals surface area (Å²) in [6.07, 6.45) is 0.971. The predicted octanol–water partition coefficient (Wildman–Crippen LogP) is 5.06. The Morgan fingerprint density at radius 1 is 1.00 bits per heavy atom. The lowest BCUT2D eigenvalue weighted by Gasteiger charge is -2.39. The van der Waals surface area contributed by atoms with Crippen LogP contribution in [0, 0.1) is 0 Å². The number of rotatable bonds is 4. The number of anilines is 2. The van der Waals surface area contributed by atoms with Gasteiger partial charge >= 0.3 is 12.2 Å². The van der Waals surface area contributed by atoms with Crippen molar-refractivity contribution in [2.45, 2.75) is 51.9 Å². The van der Waals surface area contributed by atoms with E-state index in [1.54, 1.807) is 16.8 Å². The lowest BCUT2D eigenvalue weighted by Crippen LogP contribution is -2.47. The Morgan fingerprint density at radius 2 is 1.69 bits per heavy atom. The lowest BCUT2D eigenvalue weighted by atomic mass is 10.0. The van der Waals surface area contributed by atoms with Crippen molar-refractivity contribution in [2.75, 3.05) is 43.1 Å². The molecule has 0 N–H and O–H groups in total. The van der Waals surface area contributed by atoms with E-state index in [0.29, 0.717) is 18.9 Å². The number of amides is 2. The Morgan fingerprint density at radius 3 is 2.37 bits per heavy atom. The van der Waals surface area contributed by atoms with Crippen molar-refractivity contribution in [1.29, 1.82) is 0 Å². The predicted molar refractivity (Wildman–Crippen MR) is 135 cm³/mol. The van der Waals surface area contributed by atoms with Crippen molar-refractivity contribution in [3.8, 4) is 5.75 Å². The van der Waals surface area contributed by atoms with E-state index >= 15 is 0 Å². The number of para-hydroxylation sites is 1. The molecule has 0 saturated carbocycles. The molecule has 2 aliphatic heterocycles. The van der Waals surface area contributed by atoms with Gasteiger partial charge in [-0.2, -0.15) is 0 Å². The Balaban J connectivity index is 1.41. The quantitative estimate of drug-likeness (QED) is 0.608. The third kappa shape index (κ3) is 5.99. The van der Waals surface area contributed by atoms with Crippen molar-refractivity contribution < 1.29 is 23.8 Å². The average Bonchev–Trinajstić information content (AvgIpc) is 2.86. The second kappa shape index (κ2) is 10.5. The Labute approximate surface area is 207 Å². The minimum Gasteiger partial charge on any atom is -0.487 e. The van der Waals surface area contributed by atoms with Crippen molar-refractivity contribution in [1.82, 2.24) is 4.90 Å². The van der Waals surface area contributed by atoms with Crippen molar-refractivity contribution >= 4 is 23.6 Å². The summed E-state index contributed by atoms with van der Waals surface area (Å²) in [5, 5.41) is 0. The van der Waals surface area contributed by atoms with Crippen LogP contribution in [0.4, 0.5) is 21.0 Å². The molecule has 0 radical (unpaired) electrons. The normalized spacial score (nSPS) is 16.2. The van der Waals surface area contributed by atoms with E-state index in [2.05, 4.69) is 4.90 Å². The SMILES string of the molecule is CN(C(=O)OC(C)(C)C)C1CCN(c2cccc3c2OCCN3C(=O)OCc2ccccc2)CC1. The number of nitrogens with zero attached hydrogens (tertiary/aromatic N) is 3. The van der Waals surface area contributed by atoms with Gasteiger partial charge in [-0.25, -0.2) is 9.59 Å². The van der Waals surface area contributed by atoms with Crippen LogP contribution in [-0.4, -0.2) is 62.0 Å². The smallest absolute Gasteiger partial charge is 0.414 e. The molecule has 8 nitrogen and oxygen atoms in total. The third-order valence-electron chi connectivity index (χ3n) is 6.29. The molecule has 0 unspecified atom stereocenters. The van der Waals surface area contributed by atoms with Crippen LogP contribution in [-0.2, 0) is 16.1 Å². The van der Waals surface area contributed by atoms with Crippen LogP contribution in [0.2, 0.25) is 0 Å². The van der Waals surface area contributed by atoms with Crippen LogP contribution in [0.1, 0.15) is 39.2 Å². The van der Waals surface area contributed by atoms with Gasteiger partial charge in [0.25, 0.3) is 0 Å².